The van der Waals surface area contributed by atoms with Crippen LogP contribution in [0.15, 0.2) is 24.5 Å². The summed E-state index contributed by atoms with van der Waals surface area (Å²) < 4.78 is 1.98. The molecule has 0 amide bonds. The normalized spacial score (nSPS) is 18.1. The quantitative estimate of drug-likeness (QED) is 0.586. The summed E-state index contributed by atoms with van der Waals surface area (Å²) in [6.45, 7) is 1.05. The zero-order valence-corrected chi connectivity index (χ0v) is 17.9. The number of alkyl halides is 1. The summed E-state index contributed by atoms with van der Waals surface area (Å²) in [5.74, 6) is 3.07. The Kier molecular flexibility index (Phi) is 10.3. The van der Waals surface area contributed by atoms with E-state index in [4.69, 9.17) is 11.5 Å². The molecule has 27 heavy (non-hydrogen) atoms. The standard InChI is InChI=1S/C10H17N3.C7H13Br.C3H5N3/c11-10-6-7-13(12-10)8-9-4-2-1-3-5-9;8-6-7-4-2-1-3-5-7;4-3-1-2-5-6-3/h6-7,9H,1-5,8H2,(H2,11,12);7H,1-6H2;1-2H,(H3,4,5,6). The van der Waals surface area contributed by atoms with Crippen LogP contribution in [0, 0.1) is 11.8 Å². The number of nitrogens with two attached hydrogens (primary N) is 2. The summed E-state index contributed by atoms with van der Waals surface area (Å²) in [4.78, 5) is 0. The van der Waals surface area contributed by atoms with Crippen molar-refractivity contribution in [2.24, 2.45) is 11.8 Å². The highest BCUT2D eigenvalue weighted by Gasteiger charge is 2.14. The fourth-order valence-corrected chi connectivity index (χ4v) is 4.37. The van der Waals surface area contributed by atoms with Gasteiger partial charge >= 0.3 is 0 Å². The molecule has 5 N–H and O–H groups in total. The average Bonchev–Trinajstić information content (AvgIpc) is 3.35. The molecule has 7 heteroatoms. The number of rotatable bonds is 3. The first-order chi connectivity index (χ1) is 13.2. The highest BCUT2D eigenvalue weighted by molar-refractivity contribution is 9.09. The third kappa shape index (κ3) is 9.31. The third-order valence-electron chi connectivity index (χ3n) is 5.30. The number of hydrogen-bond acceptors (Lipinski definition) is 4. The predicted octanol–water partition coefficient (Wildman–Crippen LogP) is 5.00. The molecule has 0 aliphatic heterocycles. The van der Waals surface area contributed by atoms with Gasteiger partial charge in [-0.05, 0) is 49.7 Å². The Morgan fingerprint density at radius 1 is 0.963 bits per heavy atom. The first-order valence-electron chi connectivity index (χ1n) is 10.3. The van der Waals surface area contributed by atoms with Gasteiger partial charge in [-0.3, -0.25) is 9.78 Å². The van der Waals surface area contributed by atoms with Crippen molar-refractivity contribution < 1.29 is 0 Å². The van der Waals surface area contributed by atoms with E-state index in [0.717, 1.165) is 18.4 Å². The Bertz CT molecular complexity index is 585. The summed E-state index contributed by atoms with van der Waals surface area (Å²) in [6, 6.07) is 3.56. The Hall–Kier alpha value is -1.50. The third-order valence-corrected chi connectivity index (χ3v) is 6.21. The zero-order chi connectivity index (χ0) is 19.3. The number of nitrogens with one attached hydrogen (secondary N) is 1. The number of nitrogen functional groups attached to an aromatic ring is 2. The van der Waals surface area contributed by atoms with Crippen molar-refractivity contribution in [2.45, 2.75) is 70.8 Å². The molecular weight excluding hydrogens is 404 g/mol. The van der Waals surface area contributed by atoms with Crippen LogP contribution < -0.4 is 11.5 Å². The van der Waals surface area contributed by atoms with E-state index in [-0.39, 0.29) is 0 Å². The van der Waals surface area contributed by atoms with Crippen LogP contribution in [0.25, 0.3) is 0 Å². The first-order valence-corrected chi connectivity index (χ1v) is 11.4. The van der Waals surface area contributed by atoms with E-state index in [1.54, 1.807) is 12.3 Å². The van der Waals surface area contributed by atoms with Gasteiger partial charge in [0.25, 0.3) is 0 Å². The van der Waals surface area contributed by atoms with Crippen LogP contribution in [0.4, 0.5) is 11.6 Å². The maximum atomic E-state index is 5.55. The molecule has 2 fully saturated rings. The smallest absolute Gasteiger partial charge is 0.145 e. The van der Waals surface area contributed by atoms with Crippen molar-refractivity contribution in [2.75, 3.05) is 16.8 Å². The lowest BCUT2D eigenvalue weighted by Gasteiger charge is -2.21. The molecule has 0 bridgehead atoms. The van der Waals surface area contributed by atoms with Crippen molar-refractivity contribution in [1.82, 2.24) is 20.0 Å². The molecule has 6 nitrogen and oxygen atoms in total. The van der Waals surface area contributed by atoms with E-state index in [1.165, 1.54) is 69.5 Å². The Balaban J connectivity index is 0.000000159. The number of nitrogens with zero attached hydrogens (tertiary/aromatic N) is 3. The molecule has 0 saturated heterocycles. The zero-order valence-electron chi connectivity index (χ0n) is 16.3. The van der Waals surface area contributed by atoms with E-state index in [2.05, 4.69) is 31.2 Å². The average molecular weight is 439 g/mol. The lowest BCUT2D eigenvalue weighted by atomic mass is 9.89. The number of anilines is 2. The van der Waals surface area contributed by atoms with Gasteiger partial charge in [-0.15, -0.1) is 0 Å². The van der Waals surface area contributed by atoms with Gasteiger partial charge in [0.2, 0.25) is 0 Å². The maximum Gasteiger partial charge on any atom is 0.145 e. The Morgan fingerprint density at radius 3 is 1.96 bits per heavy atom. The van der Waals surface area contributed by atoms with Crippen LogP contribution in [0.5, 0.6) is 0 Å². The summed E-state index contributed by atoms with van der Waals surface area (Å²) >= 11 is 3.51. The maximum absolute atomic E-state index is 5.55. The minimum absolute atomic E-state index is 0.606. The highest BCUT2D eigenvalue weighted by Crippen LogP contribution is 2.25. The van der Waals surface area contributed by atoms with Gasteiger partial charge in [-0.2, -0.15) is 10.2 Å². The minimum atomic E-state index is 0.606. The lowest BCUT2D eigenvalue weighted by Crippen LogP contribution is -2.14. The van der Waals surface area contributed by atoms with E-state index in [0.29, 0.717) is 11.6 Å². The summed E-state index contributed by atoms with van der Waals surface area (Å²) in [5, 5.41) is 11.5. The monoisotopic (exact) mass is 438 g/mol. The number of aromatic nitrogens is 4. The molecule has 4 rings (SSSR count). The molecule has 0 radical (unpaired) electrons. The SMILES string of the molecule is BrCC1CCCCC1.Nc1ccn(CC2CCCCC2)n1.Nc1ccn[nH]1. The molecule has 2 aromatic rings. The number of hydrogen-bond donors (Lipinski definition) is 3. The van der Waals surface area contributed by atoms with Crippen molar-refractivity contribution in [3.63, 3.8) is 0 Å². The van der Waals surface area contributed by atoms with Crippen LogP contribution >= 0.6 is 15.9 Å². The van der Waals surface area contributed by atoms with Crippen LogP contribution in [0.2, 0.25) is 0 Å². The molecular formula is C20H35BrN6. The Morgan fingerprint density at radius 2 is 1.59 bits per heavy atom. The van der Waals surface area contributed by atoms with Gasteiger partial charge in [0.15, 0.2) is 0 Å². The van der Waals surface area contributed by atoms with Crippen LogP contribution in [0.3, 0.4) is 0 Å². The van der Waals surface area contributed by atoms with E-state index in [9.17, 15) is 0 Å². The topological polar surface area (TPSA) is 98.5 Å². The second kappa shape index (κ2) is 12.8. The molecule has 2 aliphatic rings. The van der Waals surface area contributed by atoms with Crippen LogP contribution in [-0.4, -0.2) is 25.3 Å². The predicted molar refractivity (Wildman–Crippen MR) is 117 cm³/mol. The van der Waals surface area contributed by atoms with Gasteiger partial charge in [-0.1, -0.05) is 54.5 Å². The molecule has 0 aromatic carbocycles. The number of H-pyrrole nitrogens is 1. The van der Waals surface area contributed by atoms with E-state index in [1.807, 2.05) is 16.9 Å². The van der Waals surface area contributed by atoms with Gasteiger partial charge in [0, 0.05) is 18.1 Å². The minimum Gasteiger partial charge on any atom is -0.384 e. The number of aromatic amines is 1. The second-order valence-corrected chi connectivity index (χ2v) is 8.28. The molecule has 0 atom stereocenters. The number of halogens is 1. The summed E-state index contributed by atoms with van der Waals surface area (Å²) in [5.41, 5.74) is 10.7. The fourth-order valence-electron chi connectivity index (χ4n) is 3.72. The fraction of sp³-hybridized carbons (Fsp3) is 0.700. The summed E-state index contributed by atoms with van der Waals surface area (Å²) in [7, 11) is 0. The molecule has 2 saturated carbocycles. The second-order valence-electron chi connectivity index (χ2n) is 7.64. The highest BCUT2D eigenvalue weighted by atomic mass is 79.9. The van der Waals surface area contributed by atoms with Gasteiger partial charge < -0.3 is 11.5 Å². The van der Waals surface area contributed by atoms with Gasteiger partial charge in [0.1, 0.15) is 11.6 Å². The van der Waals surface area contributed by atoms with Gasteiger partial charge in [-0.25, -0.2) is 0 Å². The van der Waals surface area contributed by atoms with Gasteiger partial charge in [0.05, 0.1) is 6.20 Å². The van der Waals surface area contributed by atoms with E-state index >= 15 is 0 Å². The molecule has 0 spiro atoms. The van der Waals surface area contributed by atoms with Crippen molar-refractivity contribution in [3.8, 4) is 0 Å². The summed E-state index contributed by atoms with van der Waals surface area (Å²) in [6.07, 6.45) is 17.8. The van der Waals surface area contributed by atoms with Crippen LogP contribution in [0.1, 0.15) is 64.2 Å². The van der Waals surface area contributed by atoms with Crippen molar-refractivity contribution in [1.29, 1.82) is 0 Å². The van der Waals surface area contributed by atoms with Crippen molar-refractivity contribution >= 4 is 27.6 Å². The van der Waals surface area contributed by atoms with Crippen molar-refractivity contribution in [3.05, 3.63) is 24.5 Å². The lowest BCUT2D eigenvalue weighted by molar-refractivity contribution is 0.308. The van der Waals surface area contributed by atoms with E-state index < -0.39 is 0 Å². The van der Waals surface area contributed by atoms with Crippen LogP contribution in [-0.2, 0) is 6.54 Å². The molecule has 2 aromatic heterocycles. The largest absolute Gasteiger partial charge is 0.384 e. The Labute approximate surface area is 171 Å². The molecule has 152 valence electrons. The molecule has 0 unspecified atom stereocenters. The molecule has 2 heterocycles. The molecule has 2 aliphatic carbocycles. The first kappa shape index (κ1) is 21.8.